The van der Waals surface area contributed by atoms with Crippen molar-refractivity contribution in [3.05, 3.63) is 131 Å². The third-order valence-electron chi connectivity index (χ3n) is 6.65. The number of aromatic amines is 2. The Balaban J connectivity index is 0.00000162. The van der Waals surface area contributed by atoms with Crippen molar-refractivity contribution in [3.8, 4) is 12.1 Å². The molecule has 5 rings (SSSR count). The Morgan fingerprint density at radius 1 is 0.441 bits per heavy atom. The van der Waals surface area contributed by atoms with E-state index in [1.807, 2.05) is 49.1 Å². The van der Waals surface area contributed by atoms with Crippen molar-refractivity contribution in [1.29, 1.82) is 10.5 Å². The number of rotatable bonds is 4. The Kier molecular flexibility index (Phi) is 8.03. The number of hydrogen-bond donors (Lipinski definition) is 0. The van der Waals surface area contributed by atoms with Crippen molar-refractivity contribution in [1.82, 2.24) is 0 Å². The van der Waals surface area contributed by atoms with Crippen molar-refractivity contribution in [2.24, 2.45) is 0 Å². The summed E-state index contributed by atoms with van der Waals surface area (Å²) in [4.78, 5) is 6.28. The topological polar surface area (TPSA) is 75.9 Å². The molecule has 0 radical (unpaired) electrons. The minimum absolute atomic E-state index is 0. The number of halogens is 2. The van der Waals surface area contributed by atoms with Gasteiger partial charge in [0.15, 0.2) is 24.8 Å². The number of pyridine rings is 2. The van der Waals surface area contributed by atoms with Crippen LogP contribution in [0.4, 0.5) is 0 Å². The highest BCUT2D eigenvalue weighted by molar-refractivity contribution is 5.49. The molecule has 2 aromatic carbocycles. The number of nitrogens with one attached hydrogen (secondary N) is 2. The maximum atomic E-state index is 9.25. The molecule has 4 nitrogen and oxygen atoms in total. The predicted octanol–water partition coefficient (Wildman–Crippen LogP) is -1.49. The summed E-state index contributed by atoms with van der Waals surface area (Å²) in [7, 11) is 0. The Labute approximate surface area is 211 Å². The predicted molar refractivity (Wildman–Crippen MR) is 119 cm³/mol. The van der Waals surface area contributed by atoms with Crippen LogP contribution in [-0.2, 0) is 0 Å². The fourth-order valence-electron chi connectivity index (χ4n) is 5.21. The summed E-state index contributed by atoms with van der Waals surface area (Å²) in [6, 6.07) is 29.1. The van der Waals surface area contributed by atoms with Gasteiger partial charge in [-0.1, -0.05) is 24.3 Å². The molecule has 1 aliphatic carbocycles. The number of H-pyrrole nitrogens is 2. The summed E-state index contributed by atoms with van der Waals surface area (Å²) in [5, 5.41) is 18.5. The van der Waals surface area contributed by atoms with Gasteiger partial charge in [0.2, 0.25) is 0 Å². The standard InChI is InChI=1S/C28H20N4.2ClH/c29-17-19-1-5-21(6-2-19)25-27(23-9-13-31-14-10-23)26(22-7-3-20(18-30)4-8-22)28(25)24-11-15-32-16-12-24;;/h1-16,25-28H;2*1H. The third kappa shape index (κ3) is 4.52. The van der Waals surface area contributed by atoms with E-state index in [0.717, 1.165) is 0 Å². The van der Waals surface area contributed by atoms with Gasteiger partial charge in [-0.15, -0.1) is 0 Å². The number of nitriles is 2. The molecular formula is C28H22Cl2N4. The lowest BCUT2D eigenvalue weighted by Crippen LogP contribution is -3.00. The molecule has 0 saturated heterocycles. The Morgan fingerprint density at radius 2 is 0.706 bits per heavy atom. The van der Waals surface area contributed by atoms with Crippen molar-refractivity contribution < 1.29 is 34.8 Å². The summed E-state index contributed by atoms with van der Waals surface area (Å²) >= 11 is 0. The molecule has 0 bridgehead atoms. The SMILES string of the molecule is N#Cc1ccc(C2C(c3cc[nH+]cc3)C(c3ccc(C#N)cc3)C2c2cc[nH+]cc2)cc1.[Cl-].[Cl-]. The van der Waals surface area contributed by atoms with Crippen LogP contribution in [0, 0.1) is 22.7 Å². The Hall–Kier alpha value is -3.70. The van der Waals surface area contributed by atoms with Crippen LogP contribution in [0.25, 0.3) is 0 Å². The molecule has 1 fully saturated rings. The normalized spacial score (nSPS) is 20.4. The first-order valence-electron chi connectivity index (χ1n) is 10.7. The third-order valence-corrected chi connectivity index (χ3v) is 6.65. The van der Waals surface area contributed by atoms with Gasteiger partial charge in [0.1, 0.15) is 0 Å². The zero-order valence-electron chi connectivity index (χ0n) is 18.2. The highest BCUT2D eigenvalue weighted by Gasteiger charge is 2.52. The van der Waals surface area contributed by atoms with Gasteiger partial charge in [-0.05, 0) is 70.2 Å². The molecule has 1 aliphatic rings. The highest BCUT2D eigenvalue weighted by Crippen LogP contribution is 2.66. The molecule has 0 atom stereocenters. The molecule has 0 aliphatic heterocycles. The second-order valence-electron chi connectivity index (χ2n) is 8.24. The molecule has 2 heterocycles. The van der Waals surface area contributed by atoms with Crippen molar-refractivity contribution in [2.75, 3.05) is 0 Å². The summed E-state index contributed by atoms with van der Waals surface area (Å²) < 4.78 is 0. The number of nitrogens with zero attached hydrogens (tertiary/aromatic N) is 2. The lowest BCUT2D eigenvalue weighted by Gasteiger charge is -2.53. The van der Waals surface area contributed by atoms with Crippen LogP contribution in [0.2, 0.25) is 0 Å². The Morgan fingerprint density at radius 3 is 0.971 bits per heavy atom. The first-order chi connectivity index (χ1) is 15.8. The average Bonchev–Trinajstić information content (AvgIpc) is 2.86. The zero-order chi connectivity index (χ0) is 21.9. The van der Waals surface area contributed by atoms with Crippen LogP contribution in [0.5, 0.6) is 0 Å². The minimum Gasteiger partial charge on any atom is -1.00 e. The smallest absolute Gasteiger partial charge is 0.167 e. The van der Waals surface area contributed by atoms with Gasteiger partial charge in [0, 0.05) is 24.3 Å². The zero-order valence-corrected chi connectivity index (χ0v) is 19.7. The summed E-state index contributed by atoms with van der Waals surface area (Å²) in [6.45, 7) is 0. The number of benzene rings is 2. The van der Waals surface area contributed by atoms with E-state index in [2.05, 4.69) is 70.6 Å². The average molecular weight is 485 g/mol. The maximum absolute atomic E-state index is 9.25. The molecule has 2 N–H and O–H groups in total. The van der Waals surface area contributed by atoms with Gasteiger partial charge in [0.05, 0.1) is 23.3 Å². The largest absolute Gasteiger partial charge is 1.00 e. The lowest BCUT2D eigenvalue weighted by atomic mass is 9.49. The first kappa shape index (κ1) is 24.9. The van der Waals surface area contributed by atoms with Crippen LogP contribution in [0.15, 0.2) is 97.6 Å². The van der Waals surface area contributed by atoms with Crippen LogP contribution >= 0.6 is 0 Å². The molecule has 2 aromatic heterocycles. The van der Waals surface area contributed by atoms with E-state index in [1.165, 1.54) is 22.3 Å². The van der Waals surface area contributed by atoms with E-state index in [0.29, 0.717) is 11.1 Å². The molecule has 1 saturated carbocycles. The molecular weight excluding hydrogens is 463 g/mol. The first-order valence-corrected chi connectivity index (χ1v) is 10.7. The van der Waals surface area contributed by atoms with Crippen molar-refractivity contribution in [2.45, 2.75) is 23.7 Å². The van der Waals surface area contributed by atoms with E-state index in [1.54, 1.807) is 0 Å². The van der Waals surface area contributed by atoms with Gasteiger partial charge >= 0.3 is 0 Å². The summed E-state index contributed by atoms with van der Waals surface area (Å²) in [5.74, 6) is 1.10. The molecule has 0 unspecified atom stereocenters. The molecule has 168 valence electrons. The van der Waals surface area contributed by atoms with Gasteiger partial charge in [-0.3, -0.25) is 0 Å². The number of hydrogen-bond acceptors (Lipinski definition) is 2. The van der Waals surface area contributed by atoms with E-state index in [9.17, 15) is 10.5 Å². The van der Waals surface area contributed by atoms with E-state index >= 15 is 0 Å². The van der Waals surface area contributed by atoms with E-state index in [-0.39, 0.29) is 48.5 Å². The van der Waals surface area contributed by atoms with E-state index < -0.39 is 0 Å². The molecule has 6 heteroatoms. The monoisotopic (exact) mass is 484 g/mol. The van der Waals surface area contributed by atoms with Crippen molar-refractivity contribution in [3.63, 3.8) is 0 Å². The molecule has 0 spiro atoms. The van der Waals surface area contributed by atoms with Gasteiger partial charge in [0.25, 0.3) is 0 Å². The van der Waals surface area contributed by atoms with Crippen LogP contribution in [0.1, 0.15) is 57.1 Å². The maximum Gasteiger partial charge on any atom is 0.167 e. The Bertz CT molecular complexity index is 1180. The lowest BCUT2D eigenvalue weighted by molar-refractivity contribution is -0.378. The molecule has 4 aromatic rings. The highest BCUT2D eigenvalue weighted by atomic mass is 35.5. The summed E-state index contributed by atoms with van der Waals surface area (Å²) in [5.41, 5.74) is 6.40. The van der Waals surface area contributed by atoms with Gasteiger partial charge in [-0.2, -0.15) is 10.5 Å². The van der Waals surface area contributed by atoms with Gasteiger partial charge in [-0.25, -0.2) is 9.97 Å². The van der Waals surface area contributed by atoms with Crippen molar-refractivity contribution >= 4 is 0 Å². The van der Waals surface area contributed by atoms with Crippen LogP contribution < -0.4 is 34.8 Å². The fourth-order valence-corrected chi connectivity index (χ4v) is 5.21. The minimum atomic E-state index is 0. The van der Waals surface area contributed by atoms with Crippen LogP contribution in [-0.4, -0.2) is 0 Å². The molecule has 0 amide bonds. The second kappa shape index (κ2) is 10.9. The number of aromatic nitrogens is 2. The van der Waals surface area contributed by atoms with Gasteiger partial charge < -0.3 is 24.8 Å². The van der Waals surface area contributed by atoms with E-state index in [4.69, 9.17) is 0 Å². The summed E-state index contributed by atoms with van der Waals surface area (Å²) in [6.07, 6.45) is 7.91. The quantitative estimate of drug-likeness (QED) is 0.354. The molecule has 34 heavy (non-hydrogen) atoms. The fraction of sp³-hybridized carbons (Fsp3) is 0.143. The van der Waals surface area contributed by atoms with Crippen LogP contribution in [0.3, 0.4) is 0 Å². The second-order valence-corrected chi connectivity index (χ2v) is 8.24.